The van der Waals surface area contributed by atoms with E-state index >= 15 is 0 Å². The Kier molecular flexibility index (Phi) is 9.06. The van der Waals surface area contributed by atoms with Gasteiger partial charge in [-0.05, 0) is 143 Å². The summed E-state index contributed by atoms with van der Waals surface area (Å²) in [5.74, 6) is 0. The van der Waals surface area contributed by atoms with Crippen molar-refractivity contribution in [3.05, 3.63) is 247 Å². The van der Waals surface area contributed by atoms with Crippen molar-refractivity contribution < 1.29 is 0 Å². The van der Waals surface area contributed by atoms with E-state index in [0.29, 0.717) is 0 Å². The monoisotopic (exact) mass is 833 g/mol. The van der Waals surface area contributed by atoms with E-state index in [2.05, 4.69) is 266 Å². The first-order valence-electron chi connectivity index (χ1n) is 22.6. The lowest BCUT2D eigenvalue weighted by Crippen LogP contribution is -2.17. The average molecular weight is 834 g/mol. The van der Waals surface area contributed by atoms with Gasteiger partial charge in [0.25, 0.3) is 0 Å². The fourth-order valence-electron chi connectivity index (χ4n) is 10.4. The molecule has 1 aromatic heterocycles. The molecule has 0 bridgehead atoms. The summed E-state index contributed by atoms with van der Waals surface area (Å²) in [4.78, 5) is 4.83. The highest BCUT2D eigenvalue weighted by Crippen LogP contribution is 2.52. The highest BCUT2D eigenvalue weighted by Gasteiger charge is 2.36. The number of aryl methyl sites for hydroxylation is 1. The molecule has 0 unspecified atom stereocenters. The van der Waals surface area contributed by atoms with Crippen molar-refractivity contribution in [1.82, 2.24) is 4.57 Å². The quantitative estimate of drug-likeness (QED) is 0.151. The SMILES string of the molecule is Cc1ccc(N(c2ccccc2)c2ccc(N(c3ccccc3)c3ccc4c(c3)C(C)(C)c3ccccc3-4)cc2-c2ccc3c(c2)c2ccccc2n3-c2ccc3ccccc3c2)cc1. The molecule has 10 aromatic carbocycles. The average Bonchev–Trinajstić information content (AvgIpc) is 3.80. The first-order chi connectivity index (χ1) is 31.9. The van der Waals surface area contributed by atoms with Gasteiger partial charge < -0.3 is 14.4 Å². The minimum atomic E-state index is -0.134. The molecule has 0 N–H and O–H groups in total. The minimum Gasteiger partial charge on any atom is -0.310 e. The maximum absolute atomic E-state index is 2.43. The lowest BCUT2D eigenvalue weighted by atomic mass is 9.82. The number of anilines is 6. The van der Waals surface area contributed by atoms with E-state index in [-0.39, 0.29) is 5.41 Å². The molecule has 1 aliphatic rings. The maximum Gasteiger partial charge on any atom is 0.0541 e. The van der Waals surface area contributed by atoms with E-state index in [1.165, 1.54) is 60.4 Å². The molecular formula is C62H47N3. The van der Waals surface area contributed by atoms with Crippen LogP contribution >= 0.6 is 0 Å². The zero-order valence-electron chi connectivity index (χ0n) is 36.8. The molecule has 0 saturated heterocycles. The van der Waals surface area contributed by atoms with Crippen molar-refractivity contribution in [3.63, 3.8) is 0 Å². The van der Waals surface area contributed by atoms with E-state index in [0.717, 1.165) is 50.9 Å². The molecule has 0 radical (unpaired) electrons. The second-order valence-electron chi connectivity index (χ2n) is 17.9. The van der Waals surface area contributed by atoms with Crippen LogP contribution in [0.1, 0.15) is 30.5 Å². The van der Waals surface area contributed by atoms with Gasteiger partial charge in [0.15, 0.2) is 0 Å². The lowest BCUT2D eigenvalue weighted by Gasteiger charge is -2.31. The van der Waals surface area contributed by atoms with Crippen molar-refractivity contribution in [1.29, 1.82) is 0 Å². The third-order valence-corrected chi connectivity index (χ3v) is 13.6. The highest BCUT2D eigenvalue weighted by atomic mass is 15.2. The number of rotatable bonds is 8. The molecule has 11 aromatic rings. The van der Waals surface area contributed by atoms with Gasteiger partial charge in [-0.15, -0.1) is 0 Å². The number of benzene rings is 10. The van der Waals surface area contributed by atoms with Gasteiger partial charge in [-0.1, -0.05) is 153 Å². The Bertz CT molecular complexity index is 3580. The molecule has 1 heterocycles. The Morgan fingerprint density at radius 3 is 1.77 bits per heavy atom. The van der Waals surface area contributed by atoms with Crippen LogP contribution in [-0.4, -0.2) is 4.57 Å². The van der Waals surface area contributed by atoms with E-state index < -0.39 is 0 Å². The Morgan fingerprint density at radius 1 is 0.369 bits per heavy atom. The van der Waals surface area contributed by atoms with Crippen molar-refractivity contribution in [2.75, 3.05) is 9.80 Å². The van der Waals surface area contributed by atoms with Gasteiger partial charge in [-0.25, -0.2) is 0 Å². The molecular weight excluding hydrogens is 787 g/mol. The van der Waals surface area contributed by atoms with Crippen LogP contribution in [0.2, 0.25) is 0 Å². The van der Waals surface area contributed by atoms with Crippen molar-refractivity contribution in [2.45, 2.75) is 26.2 Å². The number of hydrogen-bond donors (Lipinski definition) is 0. The fourth-order valence-corrected chi connectivity index (χ4v) is 10.4. The topological polar surface area (TPSA) is 11.4 Å². The Labute approximate surface area is 380 Å². The van der Waals surface area contributed by atoms with Gasteiger partial charge in [0.1, 0.15) is 0 Å². The van der Waals surface area contributed by atoms with Crippen LogP contribution in [0.25, 0.3) is 60.5 Å². The number of para-hydroxylation sites is 3. The summed E-state index contributed by atoms with van der Waals surface area (Å²) in [6.07, 6.45) is 0. The van der Waals surface area contributed by atoms with Gasteiger partial charge in [0, 0.05) is 55.9 Å². The maximum atomic E-state index is 2.43. The summed E-state index contributed by atoms with van der Waals surface area (Å²) in [7, 11) is 0. The van der Waals surface area contributed by atoms with Crippen molar-refractivity contribution in [3.8, 4) is 27.9 Å². The highest BCUT2D eigenvalue weighted by molar-refractivity contribution is 6.11. The minimum absolute atomic E-state index is 0.134. The van der Waals surface area contributed by atoms with Crippen LogP contribution in [0.3, 0.4) is 0 Å². The van der Waals surface area contributed by atoms with Crippen LogP contribution in [0.4, 0.5) is 34.1 Å². The van der Waals surface area contributed by atoms with Gasteiger partial charge in [0.05, 0.1) is 16.7 Å². The molecule has 3 nitrogen and oxygen atoms in total. The zero-order chi connectivity index (χ0) is 43.6. The first kappa shape index (κ1) is 38.5. The lowest BCUT2D eigenvalue weighted by molar-refractivity contribution is 0.660. The van der Waals surface area contributed by atoms with E-state index in [1.807, 2.05) is 0 Å². The van der Waals surface area contributed by atoms with Gasteiger partial charge in [0.2, 0.25) is 0 Å². The van der Waals surface area contributed by atoms with E-state index in [1.54, 1.807) is 0 Å². The third-order valence-electron chi connectivity index (χ3n) is 13.6. The third kappa shape index (κ3) is 6.42. The van der Waals surface area contributed by atoms with Crippen molar-refractivity contribution in [2.24, 2.45) is 0 Å². The molecule has 0 amide bonds. The molecule has 12 rings (SSSR count). The summed E-state index contributed by atoms with van der Waals surface area (Å²) in [6, 6.07) is 84.7. The van der Waals surface area contributed by atoms with E-state index in [4.69, 9.17) is 0 Å². The second-order valence-corrected chi connectivity index (χ2v) is 17.9. The number of fused-ring (bicyclic) bond motifs is 7. The Hall–Kier alpha value is -8.14. The summed E-state index contributed by atoms with van der Waals surface area (Å²) >= 11 is 0. The van der Waals surface area contributed by atoms with Crippen LogP contribution in [0.15, 0.2) is 231 Å². The predicted molar refractivity (Wildman–Crippen MR) is 275 cm³/mol. The molecule has 0 fully saturated rings. The van der Waals surface area contributed by atoms with Crippen LogP contribution in [-0.2, 0) is 5.41 Å². The van der Waals surface area contributed by atoms with Gasteiger partial charge >= 0.3 is 0 Å². The molecule has 0 aliphatic heterocycles. The van der Waals surface area contributed by atoms with Gasteiger partial charge in [-0.2, -0.15) is 0 Å². The summed E-state index contributed by atoms with van der Waals surface area (Å²) in [6.45, 7) is 6.87. The molecule has 3 heteroatoms. The zero-order valence-corrected chi connectivity index (χ0v) is 36.8. The summed E-state index contributed by atoms with van der Waals surface area (Å²) < 4.78 is 2.42. The van der Waals surface area contributed by atoms with Crippen LogP contribution < -0.4 is 9.80 Å². The fraction of sp³-hybridized carbons (Fsp3) is 0.0645. The van der Waals surface area contributed by atoms with E-state index in [9.17, 15) is 0 Å². The standard InChI is InChI=1S/C62H47N3/c1-42-26-30-48(31-27-42)64(47-20-8-5-9-21-47)60-37-34-50(63(46-18-6-4-7-19-46)51-33-35-53-52-22-12-14-24-57(52)62(2,3)58(53)41-51)40-55(60)45-29-36-61-56(39-45)54-23-13-15-25-59(54)65(61)49-32-28-43-16-10-11-17-44(43)38-49/h4-41H,1-3H3. The largest absolute Gasteiger partial charge is 0.310 e. The molecule has 0 atom stereocenters. The smallest absolute Gasteiger partial charge is 0.0541 e. The van der Waals surface area contributed by atoms with Crippen LogP contribution in [0, 0.1) is 6.92 Å². The second kappa shape index (κ2) is 15.3. The Morgan fingerprint density at radius 2 is 0.969 bits per heavy atom. The molecule has 65 heavy (non-hydrogen) atoms. The molecule has 0 saturated carbocycles. The first-order valence-corrected chi connectivity index (χ1v) is 22.6. The predicted octanol–water partition coefficient (Wildman–Crippen LogP) is 17.2. The number of hydrogen-bond acceptors (Lipinski definition) is 2. The number of aromatic nitrogens is 1. The normalized spacial score (nSPS) is 12.7. The molecule has 310 valence electrons. The van der Waals surface area contributed by atoms with Crippen LogP contribution in [0.5, 0.6) is 0 Å². The molecule has 1 aliphatic carbocycles. The molecule has 0 spiro atoms. The Balaban J connectivity index is 1.10. The van der Waals surface area contributed by atoms with Gasteiger partial charge in [-0.3, -0.25) is 0 Å². The number of nitrogens with zero attached hydrogens (tertiary/aromatic N) is 3. The summed E-state index contributed by atoms with van der Waals surface area (Å²) in [5.41, 5.74) is 18.8. The summed E-state index contributed by atoms with van der Waals surface area (Å²) in [5, 5.41) is 4.90. The van der Waals surface area contributed by atoms with Crippen molar-refractivity contribution >= 4 is 66.7 Å².